The number of carbonyl (C=O) groups is 2. The molecule has 2 N–H and O–H groups in total. The van der Waals surface area contributed by atoms with E-state index in [1.807, 2.05) is 31.2 Å². The van der Waals surface area contributed by atoms with E-state index in [1.54, 1.807) is 54.4 Å². The van der Waals surface area contributed by atoms with Crippen LogP contribution < -0.4 is 25.2 Å². The Morgan fingerprint density at radius 3 is 2.14 bits per heavy atom. The van der Waals surface area contributed by atoms with Crippen LogP contribution in [0.3, 0.4) is 0 Å². The van der Waals surface area contributed by atoms with Crippen LogP contribution in [-0.4, -0.2) is 64.5 Å². The van der Waals surface area contributed by atoms with Gasteiger partial charge in [0.25, 0.3) is 5.91 Å². The maximum Gasteiger partial charge on any atom is 0.255 e. The molecule has 4 aromatic carbocycles. The lowest BCUT2D eigenvalue weighted by molar-refractivity contribution is 0.0972. The van der Waals surface area contributed by atoms with Gasteiger partial charge in [-0.3, -0.25) is 9.59 Å². The maximum absolute atomic E-state index is 13.3. The van der Waals surface area contributed by atoms with Gasteiger partial charge in [-0.25, -0.2) is 15.0 Å². The van der Waals surface area contributed by atoms with Crippen LogP contribution in [0.2, 0.25) is 0 Å². The van der Waals surface area contributed by atoms with Crippen molar-refractivity contribution in [3.8, 4) is 5.75 Å². The van der Waals surface area contributed by atoms with Crippen LogP contribution in [0.5, 0.6) is 5.75 Å². The highest BCUT2D eigenvalue weighted by Crippen LogP contribution is 2.27. The van der Waals surface area contributed by atoms with Crippen molar-refractivity contribution < 1.29 is 14.3 Å². The molecule has 1 fully saturated rings. The highest BCUT2D eigenvalue weighted by Gasteiger charge is 2.19. The van der Waals surface area contributed by atoms with Gasteiger partial charge in [-0.2, -0.15) is 0 Å². The zero-order valence-electron chi connectivity index (χ0n) is 27.3. The number of ketones is 1. The summed E-state index contributed by atoms with van der Waals surface area (Å²) >= 11 is 0. The number of nitrogens with one attached hydrogen (secondary N) is 2. The number of nitrogens with zero attached hydrogens (tertiary/aromatic N) is 6. The van der Waals surface area contributed by atoms with E-state index in [0.717, 1.165) is 43.1 Å². The quantitative estimate of drug-likeness (QED) is 0.163. The number of imidazole rings is 1. The number of benzene rings is 4. The number of rotatable bonds is 10. The van der Waals surface area contributed by atoms with Crippen molar-refractivity contribution in [3.63, 3.8) is 0 Å². The van der Waals surface area contributed by atoms with Crippen LogP contribution in [-0.2, 0) is 6.54 Å². The summed E-state index contributed by atoms with van der Waals surface area (Å²) in [5.74, 6) is 0.854. The SMILES string of the molecule is COc1ccc(C(=O)Cn2cnc3c(Nc4cc(C(=O)Nc5ccc(N6CCN(c7ccccc7)CC6)cc5)ccc4C)ncnc32)cc1. The van der Waals surface area contributed by atoms with E-state index >= 15 is 0 Å². The third-order valence-corrected chi connectivity index (χ3v) is 8.77. The Hall–Kier alpha value is -6.23. The molecular formula is C38H36N8O3. The molecule has 3 heterocycles. The summed E-state index contributed by atoms with van der Waals surface area (Å²) in [5.41, 5.74) is 6.84. The molecule has 0 bridgehead atoms. The molecule has 49 heavy (non-hydrogen) atoms. The van der Waals surface area contributed by atoms with E-state index in [-0.39, 0.29) is 18.2 Å². The third-order valence-electron chi connectivity index (χ3n) is 8.77. The van der Waals surface area contributed by atoms with E-state index in [4.69, 9.17) is 4.74 Å². The molecule has 6 aromatic rings. The lowest BCUT2D eigenvalue weighted by atomic mass is 10.1. The van der Waals surface area contributed by atoms with Crippen LogP contribution in [0.4, 0.5) is 28.6 Å². The standard InChI is InChI=1S/C38H36N8O3/c1-26-8-9-28(38(48)42-29-12-14-31(15-13-29)45-20-18-44(19-21-45)30-6-4-3-5-7-30)22-33(26)43-36-35-37(40-24-39-36)46(25-41-35)23-34(47)27-10-16-32(49-2)17-11-27/h3-17,22,24-25H,18-21,23H2,1-2H3,(H,42,48)(H,39,40,43). The molecule has 0 spiro atoms. The van der Waals surface area contributed by atoms with Crippen LogP contribution in [0.25, 0.3) is 11.2 Å². The average molecular weight is 653 g/mol. The fourth-order valence-electron chi connectivity index (χ4n) is 5.96. The minimum Gasteiger partial charge on any atom is -0.497 e. The van der Waals surface area contributed by atoms with Gasteiger partial charge in [-0.1, -0.05) is 24.3 Å². The van der Waals surface area contributed by atoms with E-state index < -0.39 is 0 Å². The summed E-state index contributed by atoms with van der Waals surface area (Å²) in [6.07, 6.45) is 3.01. The Morgan fingerprint density at radius 2 is 1.45 bits per heavy atom. The topological polar surface area (TPSA) is 118 Å². The zero-order valence-corrected chi connectivity index (χ0v) is 27.3. The largest absolute Gasteiger partial charge is 0.497 e. The lowest BCUT2D eigenvalue weighted by Crippen LogP contribution is -2.46. The van der Waals surface area contributed by atoms with Crippen molar-refractivity contribution in [2.45, 2.75) is 13.5 Å². The second-order valence-corrected chi connectivity index (χ2v) is 11.9. The normalized spacial score (nSPS) is 12.9. The Morgan fingerprint density at radius 1 is 0.776 bits per heavy atom. The minimum absolute atomic E-state index is 0.0693. The van der Waals surface area contributed by atoms with Crippen molar-refractivity contribution in [2.75, 3.05) is 53.7 Å². The van der Waals surface area contributed by atoms with Crippen molar-refractivity contribution in [2.24, 2.45) is 0 Å². The highest BCUT2D eigenvalue weighted by atomic mass is 16.5. The first-order valence-corrected chi connectivity index (χ1v) is 16.1. The van der Waals surface area contributed by atoms with E-state index in [9.17, 15) is 9.59 Å². The van der Waals surface area contributed by atoms with Crippen molar-refractivity contribution in [1.82, 2.24) is 19.5 Å². The molecule has 1 saturated heterocycles. The van der Waals surface area contributed by atoms with E-state index in [1.165, 1.54) is 12.0 Å². The Bertz CT molecular complexity index is 2090. The highest BCUT2D eigenvalue weighted by molar-refractivity contribution is 6.05. The third kappa shape index (κ3) is 6.91. The number of carbonyl (C=O) groups excluding carboxylic acids is 2. The number of anilines is 5. The molecule has 246 valence electrons. The number of aryl methyl sites for hydroxylation is 1. The average Bonchev–Trinajstić information content (AvgIpc) is 3.56. The Labute approximate surface area is 284 Å². The first kappa shape index (κ1) is 31.4. The fraction of sp³-hybridized carbons (Fsp3) is 0.184. The summed E-state index contributed by atoms with van der Waals surface area (Å²) in [6.45, 7) is 5.80. The number of ether oxygens (including phenoxy) is 1. The zero-order chi connectivity index (χ0) is 33.7. The second-order valence-electron chi connectivity index (χ2n) is 11.9. The molecule has 11 heteroatoms. The number of methoxy groups -OCH3 is 1. The van der Waals surface area contributed by atoms with Crippen molar-refractivity contribution in [1.29, 1.82) is 0 Å². The molecule has 1 aliphatic rings. The lowest BCUT2D eigenvalue weighted by Gasteiger charge is -2.37. The first-order valence-electron chi connectivity index (χ1n) is 16.1. The maximum atomic E-state index is 13.3. The van der Waals surface area contributed by atoms with Crippen LogP contribution >= 0.6 is 0 Å². The molecule has 0 aliphatic carbocycles. The summed E-state index contributed by atoms with van der Waals surface area (Å²) in [6, 6.07) is 31.0. The van der Waals surface area contributed by atoms with Gasteiger partial charge in [0.15, 0.2) is 22.8 Å². The first-order chi connectivity index (χ1) is 23.9. The molecule has 0 saturated carbocycles. The molecule has 0 atom stereocenters. The molecular weight excluding hydrogens is 616 g/mol. The molecule has 0 unspecified atom stereocenters. The number of hydrogen-bond acceptors (Lipinski definition) is 9. The van der Waals surface area contributed by atoms with E-state index in [0.29, 0.717) is 39.5 Å². The second kappa shape index (κ2) is 13.9. The smallest absolute Gasteiger partial charge is 0.255 e. The fourth-order valence-corrected chi connectivity index (χ4v) is 5.96. The van der Waals surface area contributed by atoms with Crippen LogP contribution in [0.15, 0.2) is 110 Å². The summed E-state index contributed by atoms with van der Waals surface area (Å²) in [7, 11) is 1.58. The summed E-state index contributed by atoms with van der Waals surface area (Å²) in [5, 5.41) is 6.35. The van der Waals surface area contributed by atoms with Crippen LogP contribution in [0, 0.1) is 6.92 Å². The molecule has 7 rings (SSSR count). The number of Topliss-reactive ketones (excluding diaryl/α,β-unsaturated/α-hetero) is 1. The Kier molecular flexibility index (Phi) is 8.88. The minimum atomic E-state index is -0.221. The number of hydrogen-bond donors (Lipinski definition) is 2. The Balaban J connectivity index is 0.999. The predicted molar refractivity (Wildman–Crippen MR) is 192 cm³/mol. The van der Waals surface area contributed by atoms with Gasteiger partial charge in [0.05, 0.1) is 20.0 Å². The van der Waals surface area contributed by atoms with Gasteiger partial charge in [0.1, 0.15) is 12.1 Å². The van der Waals surface area contributed by atoms with Gasteiger partial charge in [-0.15, -0.1) is 0 Å². The van der Waals surface area contributed by atoms with Gasteiger partial charge in [0, 0.05) is 60.1 Å². The van der Waals surface area contributed by atoms with Gasteiger partial charge in [0.2, 0.25) is 0 Å². The number of amides is 1. The van der Waals surface area contributed by atoms with E-state index in [2.05, 4.69) is 71.8 Å². The van der Waals surface area contributed by atoms with Crippen LogP contribution in [0.1, 0.15) is 26.3 Å². The van der Waals surface area contributed by atoms with Gasteiger partial charge >= 0.3 is 0 Å². The summed E-state index contributed by atoms with van der Waals surface area (Å²) in [4.78, 5) is 44.4. The number of aromatic nitrogens is 4. The predicted octanol–water partition coefficient (Wildman–Crippen LogP) is 6.35. The number of para-hydroxylation sites is 1. The molecule has 2 aromatic heterocycles. The summed E-state index contributed by atoms with van der Waals surface area (Å²) < 4.78 is 6.89. The molecule has 11 nitrogen and oxygen atoms in total. The number of piperazine rings is 1. The number of fused-ring (bicyclic) bond motifs is 1. The van der Waals surface area contributed by atoms with Crippen molar-refractivity contribution in [3.05, 3.63) is 126 Å². The molecule has 1 aliphatic heterocycles. The van der Waals surface area contributed by atoms with Gasteiger partial charge in [-0.05, 0) is 85.3 Å². The molecule has 1 amide bonds. The molecule has 0 radical (unpaired) electrons. The monoisotopic (exact) mass is 652 g/mol. The van der Waals surface area contributed by atoms with Crippen molar-refractivity contribution >= 4 is 51.4 Å². The van der Waals surface area contributed by atoms with Gasteiger partial charge < -0.3 is 29.7 Å².